The number of nitrogens with zero attached hydrogens (tertiary/aromatic N) is 1. The van der Waals surface area contributed by atoms with Crippen molar-refractivity contribution in [3.05, 3.63) is 48.0 Å². The van der Waals surface area contributed by atoms with Crippen molar-refractivity contribution in [3.63, 3.8) is 0 Å². The van der Waals surface area contributed by atoms with Gasteiger partial charge in [0.15, 0.2) is 0 Å². The molecule has 1 unspecified atom stereocenters. The molecule has 0 spiro atoms. The average molecular weight is 263 g/mol. The van der Waals surface area contributed by atoms with E-state index in [1.54, 1.807) is 18.3 Å². The molecule has 1 aromatic carbocycles. The van der Waals surface area contributed by atoms with Crippen molar-refractivity contribution in [2.45, 2.75) is 26.0 Å². The molecule has 4 nitrogen and oxygen atoms in total. The molecule has 1 heterocycles. The molecule has 0 amide bonds. The largest absolute Gasteiger partial charge is 0.489 e. The third-order valence-electron chi connectivity index (χ3n) is 2.80. The third-order valence-corrected chi connectivity index (χ3v) is 2.80. The van der Waals surface area contributed by atoms with Crippen LogP contribution < -0.4 is 10.1 Å². The van der Waals surface area contributed by atoms with Crippen LogP contribution in [0.15, 0.2) is 36.5 Å². The van der Waals surface area contributed by atoms with Gasteiger partial charge in [-0.15, -0.1) is 0 Å². The minimum atomic E-state index is -0.280. The predicted octanol–water partition coefficient (Wildman–Crippen LogP) is 2.50. The average Bonchev–Trinajstić information content (AvgIpc) is 2.91. The van der Waals surface area contributed by atoms with Gasteiger partial charge in [0.2, 0.25) is 0 Å². The van der Waals surface area contributed by atoms with E-state index in [1.807, 2.05) is 13.0 Å². The molecule has 1 aromatic heterocycles. The Bertz CT molecular complexity index is 487. The van der Waals surface area contributed by atoms with Gasteiger partial charge >= 0.3 is 0 Å². The lowest BCUT2D eigenvalue weighted by atomic mass is 10.2. The van der Waals surface area contributed by atoms with E-state index in [9.17, 15) is 4.39 Å². The second-order valence-corrected chi connectivity index (χ2v) is 4.32. The molecule has 0 aliphatic heterocycles. The Hall–Kier alpha value is -1.88. The second-order valence-electron chi connectivity index (χ2n) is 4.32. The number of hydrogen-bond acceptors (Lipinski definition) is 3. The fourth-order valence-corrected chi connectivity index (χ4v) is 1.75. The molecule has 1 atom stereocenters. The maximum atomic E-state index is 13.1. The summed E-state index contributed by atoms with van der Waals surface area (Å²) in [7, 11) is 0. The van der Waals surface area contributed by atoms with E-state index in [0.29, 0.717) is 18.8 Å². The fraction of sp³-hybridized carbons (Fsp3) is 0.357. The van der Waals surface area contributed by atoms with Crippen molar-refractivity contribution in [1.82, 2.24) is 15.5 Å². The summed E-state index contributed by atoms with van der Waals surface area (Å²) in [6, 6.07) is 8.14. The summed E-state index contributed by atoms with van der Waals surface area (Å²) < 4.78 is 18.8. The lowest BCUT2D eigenvalue weighted by molar-refractivity contribution is 0.192. The van der Waals surface area contributed by atoms with E-state index in [-0.39, 0.29) is 11.9 Å². The van der Waals surface area contributed by atoms with Crippen LogP contribution in [0, 0.1) is 5.82 Å². The predicted molar refractivity (Wildman–Crippen MR) is 71.4 cm³/mol. The van der Waals surface area contributed by atoms with Crippen molar-refractivity contribution in [3.8, 4) is 5.75 Å². The Morgan fingerprint density at radius 2 is 2.32 bits per heavy atom. The number of benzene rings is 1. The molecule has 5 heteroatoms. The lowest BCUT2D eigenvalue weighted by Gasteiger charge is -2.18. The van der Waals surface area contributed by atoms with Crippen molar-refractivity contribution in [2.75, 3.05) is 6.54 Å². The maximum Gasteiger partial charge on any atom is 0.126 e. The third kappa shape index (κ3) is 4.37. The zero-order chi connectivity index (χ0) is 13.5. The molecule has 0 bridgehead atoms. The molecular weight excluding hydrogens is 245 g/mol. The number of nitrogens with one attached hydrogen (secondary N) is 2. The monoisotopic (exact) mass is 263 g/mol. The van der Waals surface area contributed by atoms with E-state index in [2.05, 4.69) is 15.5 Å². The van der Waals surface area contributed by atoms with Crippen LogP contribution in [0.3, 0.4) is 0 Å². The minimum absolute atomic E-state index is 0.0183. The summed E-state index contributed by atoms with van der Waals surface area (Å²) in [5, 5.41) is 10.0. The summed E-state index contributed by atoms with van der Waals surface area (Å²) in [6.07, 6.45) is 2.59. The molecule has 2 aromatic rings. The highest BCUT2D eigenvalue weighted by Gasteiger charge is 2.08. The maximum absolute atomic E-state index is 13.1. The van der Waals surface area contributed by atoms with E-state index < -0.39 is 0 Å². The number of rotatable bonds is 7. The van der Waals surface area contributed by atoms with Gasteiger partial charge in [0, 0.05) is 31.0 Å². The Morgan fingerprint density at radius 1 is 1.42 bits per heavy atom. The fourth-order valence-electron chi connectivity index (χ4n) is 1.75. The Labute approximate surface area is 112 Å². The number of aromatic nitrogens is 2. The van der Waals surface area contributed by atoms with Crippen LogP contribution in [0.1, 0.15) is 19.0 Å². The molecule has 0 fully saturated rings. The molecule has 2 rings (SSSR count). The number of ether oxygens (including phenoxy) is 1. The molecule has 0 aliphatic rings. The first-order valence-corrected chi connectivity index (χ1v) is 6.39. The van der Waals surface area contributed by atoms with Gasteiger partial charge in [-0.05, 0) is 24.6 Å². The number of aromatic amines is 1. The van der Waals surface area contributed by atoms with Gasteiger partial charge < -0.3 is 10.1 Å². The molecular formula is C14H18FN3O. The Balaban J connectivity index is 1.80. The van der Waals surface area contributed by atoms with Crippen LogP contribution in [0.5, 0.6) is 5.75 Å². The molecule has 0 saturated carbocycles. The summed E-state index contributed by atoms with van der Waals surface area (Å²) in [5.74, 6) is 0.285. The highest BCUT2D eigenvalue weighted by atomic mass is 19.1. The quantitative estimate of drug-likeness (QED) is 0.807. The van der Waals surface area contributed by atoms with E-state index in [0.717, 1.165) is 12.1 Å². The first-order valence-electron chi connectivity index (χ1n) is 6.39. The highest BCUT2D eigenvalue weighted by Crippen LogP contribution is 2.14. The van der Waals surface area contributed by atoms with E-state index in [4.69, 9.17) is 4.74 Å². The van der Waals surface area contributed by atoms with Crippen molar-refractivity contribution in [1.29, 1.82) is 0 Å². The zero-order valence-corrected chi connectivity index (χ0v) is 10.9. The summed E-state index contributed by atoms with van der Waals surface area (Å²) >= 11 is 0. The van der Waals surface area contributed by atoms with Crippen LogP contribution in [0.2, 0.25) is 0 Å². The van der Waals surface area contributed by atoms with Crippen LogP contribution in [0.4, 0.5) is 4.39 Å². The van der Waals surface area contributed by atoms with Crippen LogP contribution in [-0.2, 0) is 6.54 Å². The topological polar surface area (TPSA) is 49.9 Å². The van der Waals surface area contributed by atoms with Crippen molar-refractivity contribution >= 4 is 0 Å². The Kier molecular flexibility index (Phi) is 4.92. The number of H-pyrrole nitrogens is 1. The van der Waals surface area contributed by atoms with Gasteiger partial charge in [-0.2, -0.15) is 5.10 Å². The van der Waals surface area contributed by atoms with Gasteiger partial charge in [-0.25, -0.2) is 4.39 Å². The molecule has 19 heavy (non-hydrogen) atoms. The SMILES string of the molecule is CCC(CNCc1ccn[nH]1)Oc1cccc(F)c1. The lowest BCUT2D eigenvalue weighted by Crippen LogP contribution is -2.30. The van der Waals surface area contributed by atoms with Crippen molar-refractivity contribution < 1.29 is 9.13 Å². The second kappa shape index (κ2) is 6.89. The van der Waals surface area contributed by atoms with Crippen LogP contribution in [0.25, 0.3) is 0 Å². The van der Waals surface area contributed by atoms with E-state index >= 15 is 0 Å². The first-order chi connectivity index (χ1) is 9.28. The molecule has 0 aliphatic carbocycles. The van der Waals surface area contributed by atoms with Gasteiger partial charge in [0.05, 0.1) is 0 Å². The summed E-state index contributed by atoms with van der Waals surface area (Å²) in [5.41, 5.74) is 1.03. The van der Waals surface area contributed by atoms with Crippen LogP contribution in [-0.4, -0.2) is 22.8 Å². The normalized spacial score (nSPS) is 12.3. The summed E-state index contributed by atoms with van der Waals surface area (Å²) in [6.45, 7) is 3.46. The standard InChI is InChI=1S/C14H18FN3O/c1-2-13(10-16-9-12-6-7-17-18-12)19-14-5-3-4-11(15)8-14/h3-8,13,16H,2,9-10H2,1H3,(H,17,18). The molecule has 2 N–H and O–H groups in total. The molecule has 0 saturated heterocycles. The zero-order valence-electron chi connectivity index (χ0n) is 10.9. The van der Waals surface area contributed by atoms with E-state index in [1.165, 1.54) is 12.1 Å². The number of halogens is 1. The highest BCUT2D eigenvalue weighted by molar-refractivity contribution is 5.22. The van der Waals surface area contributed by atoms with Gasteiger partial charge in [-0.3, -0.25) is 5.10 Å². The van der Waals surface area contributed by atoms with Gasteiger partial charge in [-0.1, -0.05) is 13.0 Å². The van der Waals surface area contributed by atoms with Crippen LogP contribution >= 0.6 is 0 Å². The smallest absolute Gasteiger partial charge is 0.126 e. The summed E-state index contributed by atoms with van der Waals surface area (Å²) in [4.78, 5) is 0. The minimum Gasteiger partial charge on any atom is -0.489 e. The van der Waals surface area contributed by atoms with Gasteiger partial charge in [0.25, 0.3) is 0 Å². The molecule has 0 radical (unpaired) electrons. The molecule has 102 valence electrons. The van der Waals surface area contributed by atoms with Crippen molar-refractivity contribution in [2.24, 2.45) is 0 Å². The first kappa shape index (κ1) is 13.5. The number of hydrogen-bond donors (Lipinski definition) is 2. The van der Waals surface area contributed by atoms with Gasteiger partial charge in [0.1, 0.15) is 17.7 Å². The Morgan fingerprint density at radius 3 is 3.00 bits per heavy atom.